The molecule has 0 unspecified atom stereocenters. The molecule has 0 atom stereocenters. The Bertz CT molecular complexity index is 303. The third kappa shape index (κ3) is 2.56. The van der Waals surface area contributed by atoms with Gasteiger partial charge in [-0.3, -0.25) is 0 Å². The van der Waals surface area contributed by atoms with Crippen molar-refractivity contribution < 1.29 is 9.47 Å². The van der Waals surface area contributed by atoms with Crippen molar-refractivity contribution in [2.45, 2.75) is 18.9 Å². The Balaban J connectivity index is 1.95. The van der Waals surface area contributed by atoms with Gasteiger partial charge in [0.05, 0.1) is 13.2 Å². The van der Waals surface area contributed by atoms with Crippen molar-refractivity contribution in [3.05, 3.63) is 17.5 Å². The van der Waals surface area contributed by atoms with Crippen molar-refractivity contribution in [1.29, 1.82) is 0 Å². The lowest BCUT2D eigenvalue weighted by molar-refractivity contribution is 0.0237. The Labute approximate surface area is 87.2 Å². The summed E-state index contributed by atoms with van der Waals surface area (Å²) in [6, 6.07) is 1.62. The Morgan fingerprint density at radius 1 is 1.36 bits per heavy atom. The molecule has 1 fully saturated rings. The number of halogens is 1. The molecule has 0 saturated carbocycles. The third-order valence-corrected chi connectivity index (χ3v) is 2.27. The van der Waals surface area contributed by atoms with E-state index >= 15 is 0 Å². The van der Waals surface area contributed by atoms with E-state index < -0.39 is 0 Å². The normalized spacial score (nSPS) is 18.1. The summed E-state index contributed by atoms with van der Waals surface area (Å²) >= 11 is 5.71. The molecule has 0 radical (unpaired) electrons. The van der Waals surface area contributed by atoms with E-state index in [9.17, 15) is 0 Å². The van der Waals surface area contributed by atoms with Crippen LogP contribution >= 0.6 is 11.6 Å². The van der Waals surface area contributed by atoms with Crippen LogP contribution in [0.25, 0.3) is 0 Å². The number of rotatable bonds is 2. The van der Waals surface area contributed by atoms with E-state index in [1.807, 2.05) is 0 Å². The zero-order valence-corrected chi connectivity index (χ0v) is 8.41. The van der Waals surface area contributed by atoms with Gasteiger partial charge in [-0.2, -0.15) is 0 Å². The highest BCUT2D eigenvalue weighted by molar-refractivity contribution is 6.29. The van der Waals surface area contributed by atoms with Crippen LogP contribution in [0.2, 0.25) is 5.15 Å². The minimum Gasteiger partial charge on any atom is -0.474 e. The molecule has 2 heterocycles. The Morgan fingerprint density at radius 2 is 2.14 bits per heavy atom. The fraction of sp³-hybridized carbons (Fsp3) is 0.556. The summed E-state index contributed by atoms with van der Waals surface area (Å²) in [5.41, 5.74) is 0. The molecule has 0 N–H and O–H groups in total. The van der Waals surface area contributed by atoms with E-state index in [-0.39, 0.29) is 6.10 Å². The minimum absolute atomic E-state index is 0.190. The standard InChI is InChI=1S/C9H11ClN2O2/c10-8-5-9(12-6-11-8)14-7-1-3-13-4-2-7/h5-7H,1-4H2. The van der Waals surface area contributed by atoms with Gasteiger partial charge in [0.15, 0.2) is 0 Å². The third-order valence-electron chi connectivity index (χ3n) is 2.06. The molecule has 1 aliphatic rings. The molecule has 1 aromatic heterocycles. The Morgan fingerprint density at radius 3 is 2.86 bits per heavy atom. The largest absolute Gasteiger partial charge is 0.474 e. The van der Waals surface area contributed by atoms with Gasteiger partial charge in [-0.15, -0.1) is 0 Å². The van der Waals surface area contributed by atoms with Crippen molar-refractivity contribution >= 4 is 11.6 Å². The summed E-state index contributed by atoms with van der Waals surface area (Å²) in [6.07, 6.45) is 3.40. The van der Waals surface area contributed by atoms with Crippen LogP contribution in [-0.4, -0.2) is 29.3 Å². The Hall–Kier alpha value is -0.870. The van der Waals surface area contributed by atoms with Crippen molar-refractivity contribution in [2.24, 2.45) is 0 Å². The number of aromatic nitrogens is 2. The molecule has 76 valence electrons. The molecular formula is C9H11ClN2O2. The molecule has 0 aliphatic carbocycles. The van der Waals surface area contributed by atoms with Gasteiger partial charge in [0.1, 0.15) is 17.6 Å². The molecule has 2 rings (SSSR count). The Kier molecular flexibility index (Phi) is 3.16. The van der Waals surface area contributed by atoms with Crippen molar-refractivity contribution in [3.8, 4) is 5.88 Å². The minimum atomic E-state index is 0.190. The number of hydrogen-bond donors (Lipinski definition) is 0. The van der Waals surface area contributed by atoms with Crippen LogP contribution in [0, 0.1) is 0 Å². The quantitative estimate of drug-likeness (QED) is 0.703. The van der Waals surface area contributed by atoms with Gasteiger partial charge in [-0.1, -0.05) is 11.6 Å². The highest BCUT2D eigenvalue weighted by Crippen LogP contribution is 2.17. The first-order valence-corrected chi connectivity index (χ1v) is 4.94. The summed E-state index contributed by atoms with van der Waals surface area (Å²) in [4.78, 5) is 7.76. The van der Waals surface area contributed by atoms with Crippen LogP contribution in [0.1, 0.15) is 12.8 Å². The molecule has 0 aromatic carbocycles. The molecular weight excluding hydrogens is 204 g/mol. The lowest BCUT2D eigenvalue weighted by Crippen LogP contribution is -2.26. The second-order valence-corrected chi connectivity index (χ2v) is 3.50. The van der Waals surface area contributed by atoms with Crippen molar-refractivity contribution in [2.75, 3.05) is 13.2 Å². The maximum atomic E-state index is 5.71. The predicted molar refractivity (Wildman–Crippen MR) is 51.5 cm³/mol. The summed E-state index contributed by atoms with van der Waals surface area (Å²) in [5.74, 6) is 0.539. The van der Waals surface area contributed by atoms with Gasteiger partial charge in [0.25, 0.3) is 0 Å². The first-order valence-electron chi connectivity index (χ1n) is 4.56. The number of hydrogen-bond acceptors (Lipinski definition) is 4. The van der Waals surface area contributed by atoms with E-state index in [0.717, 1.165) is 26.1 Å². The number of nitrogens with zero attached hydrogens (tertiary/aromatic N) is 2. The highest BCUT2D eigenvalue weighted by Gasteiger charge is 2.15. The molecule has 0 spiro atoms. The van der Waals surface area contributed by atoms with E-state index in [2.05, 4.69) is 9.97 Å². The number of ether oxygens (including phenoxy) is 2. The van der Waals surface area contributed by atoms with Crippen LogP contribution in [0.15, 0.2) is 12.4 Å². The zero-order valence-electron chi connectivity index (χ0n) is 7.65. The van der Waals surface area contributed by atoms with Crippen LogP contribution < -0.4 is 4.74 Å². The van der Waals surface area contributed by atoms with Crippen LogP contribution in [-0.2, 0) is 4.74 Å². The van der Waals surface area contributed by atoms with Crippen LogP contribution in [0.3, 0.4) is 0 Å². The summed E-state index contributed by atoms with van der Waals surface area (Å²) in [6.45, 7) is 1.51. The predicted octanol–water partition coefficient (Wildman–Crippen LogP) is 1.69. The summed E-state index contributed by atoms with van der Waals surface area (Å²) in [7, 11) is 0. The zero-order chi connectivity index (χ0) is 9.80. The average molecular weight is 215 g/mol. The molecule has 1 aliphatic heterocycles. The van der Waals surface area contributed by atoms with E-state index in [0.29, 0.717) is 11.0 Å². The maximum Gasteiger partial charge on any atom is 0.218 e. The second-order valence-electron chi connectivity index (χ2n) is 3.11. The van der Waals surface area contributed by atoms with Gasteiger partial charge in [0, 0.05) is 18.9 Å². The fourth-order valence-electron chi connectivity index (χ4n) is 1.35. The highest BCUT2D eigenvalue weighted by atomic mass is 35.5. The van der Waals surface area contributed by atoms with E-state index in [4.69, 9.17) is 21.1 Å². The van der Waals surface area contributed by atoms with Gasteiger partial charge >= 0.3 is 0 Å². The summed E-state index contributed by atoms with van der Waals surface area (Å²) in [5, 5.41) is 0.405. The molecule has 4 nitrogen and oxygen atoms in total. The lowest BCUT2D eigenvalue weighted by atomic mass is 10.2. The monoisotopic (exact) mass is 214 g/mol. The average Bonchev–Trinajstić information content (AvgIpc) is 2.19. The molecule has 1 saturated heterocycles. The SMILES string of the molecule is Clc1cc(OC2CCOCC2)ncn1. The summed E-state index contributed by atoms with van der Waals surface area (Å²) < 4.78 is 10.8. The van der Waals surface area contributed by atoms with Gasteiger partial charge in [0.2, 0.25) is 5.88 Å². The second kappa shape index (κ2) is 4.57. The lowest BCUT2D eigenvalue weighted by Gasteiger charge is -2.22. The smallest absolute Gasteiger partial charge is 0.218 e. The molecule has 1 aromatic rings. The molecule has 0 amide bonds. The van der Waals surface area contributed by atoms with Gasteiger partial charge in [-0.05, 0) is 0 Å². The van der Waals surface area contributed by atoms with Crippen LogP contribution in [0.4, 0.5) is 0 Å². The van der Waals surface area contributed by atoms with Crippen molar-refractivity contribution in [3.63, 3.8) is 0 Å². The van der Waals surface area contributed by atoms with Gasteiger partial charge in [-0.25, -0.2) is 9.97 Å². The molecule has 0 bridgehead atoms. The van der Waals surface area contributed by atoms with Gasteiger partial charge < -0.3 is 9.47 Å². The fourth-order valence-corrected chi connectivity index (χ4v) is 1.48. The van der Waals surface area contributed by atoms with Crippen LogP contribution in [0.5, 0.6) is 5.88 Å². The molecule has 14 heavy (non-hydrogen) atoms. The molecule has 5 heteroatoms. The first-order chi connectivity index (χ1) is 6.84. The first kappa shape index (κ1) is 9.68. The topological polar surface area (TPSA) is 44.2 Å². The maximum absolute atomic E-state index is 5.71. The van der Waals surface area contributed by atoms with E-state index in [1.54, 1.807) is 6.07 Å². The van der Waals surface area contributed by atoms with Crippen molar-refractivity contribution in [1.82, 2.24) is 9.97 Å². The van der Waals surface area contributed by atoms with E-state index in [1.165, 1.54) is 6.33 Å².